The second kappa shape index (κ2) is 7.03. The van der Waals surface area contributed by atoms with E-state index in [9.17, 15) is 9.59 Å². The highest BCUT2D eigenvalue weighted by Gasteiger charge is 2.28. The van der Waals surface area contributed by atoms with Gasteiger partial charge in [0.2, 0.25) is 5.91 Å². The van der Waals surface area contributed by atoms with E-state index in [1.54, 1.807) is 30.7 Å². The number of fused-ring (bicyclic) bond motifs is 1. The van der Waals surface area contributed by atoms with E-state index in [1.165, 1.54) is 6.20 Å². The molecule has 0 aliphatic carbocycles. The predicted octanol–water partition coefficient (Wildman–Crippen LogP) is 3.02. The van der Waals surface area contributed by atoms with Gasteiger partial charge in [-0.15, -0.1) is 0 Å². The molecule has 0 saturated heterocycles. The molecule has 0 spiro atoms. The van der Waals surface area contributed by atoms with Gasteiger partial charge < -0.3 is 15.2 Å². The lowest BCUT2D eigenvalue weighted by molar-refractivity contribution is -0.116. The molecule has 0 fully saturated rings. The molecule has 0 bridgehead atoms. The fourth-order valence-corrected chi connectivity index (χ4v) is 3.24. The Bertz CT molecular complexity index is 997. The molecule has 27 heavy (non-hydrogen) atoms. The monoisotopic (exact) mass is 361 g/mol. The van der Waals surface area contributed by atoms with E-state index in [2.05, 4.69) is 20.6 Å². The molecule has 3 heterocycles. The van der Waals surface area contributed by atoms with Crippen LogP contribution in [0, 0.1) is 0 Å². The second-order valence-electron chi connectivity index (χ2n) is 6.43. The molecule has 0 saturated carbocycles. The smallest absolute Gasteiger partial charge is 0.257 e. The Morgan fingerprint density at radius 1 is 1.37 bits per heavy atom. The van der Waals surface area contributed by atoms with Crippen LogP contribution in [0.15, 0.2) is 55.2 Å². The molecule has 1 atom stereocenters. The first-order valence-corrected chi connectivity index (χ1v) is 8.81. The predicted molar refractivity (Wildman–Crippen MR) is 102 cm³/mol. The summed E-state index contributed by atoms with van der Waals surface area (Å²) in [6, 6.07) is 8.97. The summed E-state index contributed by atoms with van der Waals surface area (Å²) < 4.78 is 1.99. The Kier molecular flexibility index (Phi) is 4.42. The van der Waals surface area contributed by atoms with E-state index in [1.807, 2.05) is 29.8 Å². The van der Waals surface area contributed by atoms with E-state index >= 15 is 0 Å². The van der Waals surface area contributed by atoms with Crippen molar-refractivity contribution in [2.75, 3.05) is 10.6 Å². The topological polar surface area (TPSA) is 88.9 Å². The van der Waals surface area contributed by atoms with Gasteiger partial charge in [0.25, 0.3) is 5.91 Å². The third kappa shape index (κ3) is 3.44. The number of anilines is 2. The Hall–Kier alpha value is -3.48. The highest BCUT2D eigenvalue weighted by molar-refractivity contribution is 6.04. The minimum absolute atomic E-state index is 0.0608. The number of hydrogen-bond acceptors (Lipinski definition) is 4. The van der Waals surface area contributed by atoms with Crippen LogP contribution < -0.4 is 10.6 Å². The van der Waals surface area contributed by atoms with Gasteiger partial charge >= 0.3 is 0 Å². The second-order valence-corrected chi connectivity index (χ2v) is 6.43. The SMILES string of the molecule is CCn1cnc(C2CC(=O)Nc3cc(NC(=O)c4cccnc4)ccc32)c1. The van der Waals surface area contributed by atoms with Gasteiger partial charge in [-0.05, 0) is 36.8 Å². The van der Waals surface area contributed by atoms with Gasteiger partial charge in [-0.1, -0.05) is 6.07 Å². The Morgan fingerprint density at radius 2 is 2.26 bits per heavy atom. The number of nitrogens with zero attached hydrogens (tertiary/aromatic N) is 3. The van der Waals surface area contributed by atoms with E-state index in [4.69, 9.17) is 0 Å². The maximum atomic E-state index is 12.3. The zero-order chi connectivity index (χ0) is 18.8. The fourth-order valence-electron chi connectivity index (χ4n) is 3.24. The zero-order valence-corrected chi connectivity index (χ0v) is 14.8. The molecular weight excluding hydrogens is 342 g/mol. The molecule has 0 radical (unpaired) electrons. The average Bonchev–Trinajstić information content (AvgIpc) is 3.17. The van der Waals surface area contributed by atoms with Gasteiger partial charge in [0, 0.05) is 48.8 Å². The van der Waals surface area contributed by atoms with Crippen LogP contribution in [0.2, 0.25) is 0 Å². The maximum Gasteiger partial charge on any atom is 0.257 e. The molecule has 3 aromatic rings. The van der Waals surface area contributed by atoms with E-state index in [-0.39, 0.29) is 17.7 Å². The molecule has 2 aromatic heterocycles. The fraction of sp³-hybridized carbons (Fsp3) is 0.200. The van der Waals surface area contributed by atoms with Crippen molar-refractivity contribution in [3.8, 4) is 0 Å². The number of hydrogen-bond donors (Lipinski definition) is 2. The van der Waals surface area contributed by atoms with Crippen LogP contribution in [-0.4, -0.2) is 26.3 Å². The molecule has 1 unspecified atom stereocenters. The van der Waals surface area contributed by atoms with Crippen LogP contribution in [0.1, 0.15) is 40.9 Å². The standard InChI is InChI=1S/C20H19N5O2/c1-2-25-11-18(22-12-25)16-9-19(26)24-17-8-14(5-6-15(16)17)23-20(27)13-4-3-7-21-10-13/h3-8,10-12,16H,2,9H2,1H3,(H,23,27)(H,24,26). The van der Waals surface area contributed by atoms with Crippen molar-refractivity contribution in [3.63, 3.8) is 0 Å². The van der Waals surface area contributed by atoms with Gasteiger partial charge in [-0.2, -0.15) is 0 Å². The first-order valence-electron chi connectivity index (χ1n) is 8.81. The van der Waals surface area contributed by atoms with Crippen LogP contribution in [0.5, 0.6) is 0 Å². The molecule has 136 valence electrons. The van der Waals surface area contributed by atoms with Gasteiger partial charge in [0.15, 0.2) is 0 Å². The summed E-state index contributed by atoms with van der Waals surface area (Å²) in [4.78, 5) is 32.9. The summed E-state index contributed by atoms with van der Waals surface area (Å²) >= 11 is 0. The summed E-state index contributed by atoms with van der Waals surface area (Å²) in [5.41, 5.74) is 3.66. The van der Waals surface area contributed by atoms with E-state index in [0.717, 1.165) is 17.8 Å². The molecule has 2 N–H and O–H groups in total. The number of rotatable bonds is 4. The van der Waals surface area contributed by atoms with Crippen LogP contribution in [0.3, 0.4) is 0 Å². The molecule has 7 heteroatoms. The summed E-state index contributed by atoms with van der Waals surface area (Å²) in [5, 5.41) is 5.74. The van der Waals surface area contributed by atoms with Crippen molar-refractivity contribution >= 4 is 23.2 Å². The minimum Gasteiger partial charge on any atom is -0.337 e. The number of amides is 2. The molecule has 7 nitrogen and oxygen atoms in total. The maximum absolute atomic E-state index is 12.3. The Morgan fingerprint density at radius 3 is 3.00 bits per heavy atom. The third-order valence-electron chi connectivity index (χ3n) is 4.65. The van der Waals surface area contributed by atoms with Crippen molar-refractivity contribution in [2.45, 2.75) is 25.8 Å². The Balaban J connectivity index is 1.61. The molecular formula is C20H19N5O2. The first-order chi connectivity index (χ1) is 13.1. The van der Waals surface area contributed by atoms with Gasteiger partial charge in [-0.3, -0.25) is 14.6 Å². The lowest BCUT2D eigenvalue weighted by Crippen LogP contribution is -2.24. The first kappa shape index (κ1) is 17.0. The van der Waals surface area contributed by atoms with Crippen LogP contribution >= 0.6 is 0 Å². The number of carbonyl (C=O) groups excluding carboxylic acids is 2. The number of carbonyl (C=O) groups is 2. The Labute approximate surface area is 156 Å². The van der Waals surface area contributed by atoms with Gasteiger partial charge in [0.05, 0.1) is 17.6 Å². The summed E-state index contributed by atoms with van der Waals surface area (Å²) in [6.07, 6.45) is 7.24. The highest BCUT2D eigenvalue weighted by Crippen LogP contribution is 2.37. The lowest BCUT2D eigenvalue weighted by Gasteiger charge is -2.25. The molecule has 1 aliphatic heterocycles. The van der Waals surface area contributed by atoms with Gasteiger partial charge in [0.1, 0.15) is 0 Å². The highest BCUT2D eigenvalue weighted by atomic mass is 16.2. The molecule has 4 rings (SSSR count). The number of pyridine rings is 1. The third-order valence-corrected chi connectivity index (χ3v) is 4.65. The van der Waals surface area contributed by atoms with Crippen molar-refractivity contribution in [2.24, 2.45) is 0 Å². The van der Waals surface area contributed by atoms with Crippen molar-refractivity contribution < 1.29 is 9.59 Å². The zero-order valence-electron chi connectivity index (χ0n) is 14.8. The summed E-state index contributed by atoms with van der Waals surface area (Å²) in [6.45, 7) is 2.88. The van der Waals surface area contributed by atoms with Crippen molar-refractivity contribution in [1.29, 1.82) is 0 Å². The van der Waals surface area contributed by atoms with Crippen LogP contribution in [-0.2, 0) is 11.3 Å². The van der Waals surface area contributed by atoms with Crippen molar-refractivity contribution in [3.05, 3.63) is 72.1 Å². The number of nitrogens with one attached hydrogen (secondary N) is 2. The quantitative estimate of drug-likeness (QED) is 0.747. The van der Waals surface area contributed by atoms with E-state index < -0.39 is 0 Å². The number of aromatic nitrogens is 3. The van der Waals surface area contributed by atoms with Crippen LogP contribution in [0.25, 0.3) is 0 Å². The number of imidazole rings is 1. The normalized spacial score (nSPS) is 15.7. The molecule has 1 aromatic carbocycles. The average molecular weight is 361 g/mol. The largest absolute Gasteiger partial charge is 0.337 e. The molecule has 1 aliphatic rings. The van der Waals surface area contributed by atoms with Crippen LogP contribution in [0.4, 0.5) is 11.4 Å². The lowest BCUT2D eigenvalue weighted by atomic mass is 9.88. The van der Waals surface area contributed by atoms with E-state index in [0.29, 0.717) is 23.4 Å². The summed E-state index contributed by atoms with van der Waals surface area (Å²) in [5.74, 6) is -0.401. The summed E-state index contributed by atoms with van der Waals surface area (Å²) in [7, 11) is 0. The minimum atomic E-state index is -0.247. The van der Waals surface area contributed by atoms with Gasteiger partial charge in [-0.25, -0.2) is 4.98 Å². The van der Waals surface area contributed by atoms with Crippen molar-refractivity contribution in [1.82, 2.24) is 14.5 Å². The number of aryl methyl sites for hydroxylation is 1. The number of benzene rings is 1. The molecule has 2 amide bonds.